The normalized spacial score (nSPS) is 10.6. The van der Waals surface area contributed by atoms with E-state index in [1.165, 1.54) is 6.07 Å². The lowest BCUT2D eigenvalue weighted by Gasteiger charge is -2.03. The van der Waals surface area contributed by atoms with E-state index >= 15 is 0 Å². The summed E-state index contributed by atoms with van der Waals surface area (Å²) >= 11 is 0. The molecule has 2 rings (SSSR count). The first kappa shape index (κ1) is 8.49. The van der Waals surface area contributed by atoms with Crippen LogP contribution < -0.4 is 17.0 Å². The number of aromatic amines is 1. The lowest BCUT2D eigenvalue weighted by Crippen LogP contribution is -2.09. The van der Waals surface area contributed by atoms with E-state index in [0.717, 1.165) is 5.56 Å². The molecule has 2 aromatic heterocycles. The molecular weight excluding hydrogens is 182 g/mol. The van der Waals surface area contributed by atoms with Gasteiger partial charge in [-0.1, -0.05) is 0 Å². The fraction of sp³-hybridized carbons (Fsp3) is 0.125. The number of pyridine rings is 1. The highest BCUT2D eigenvalue weighted by Gasteiger charge is 2.06. The Morgan fingerprint density at radius 2 is 2.07 bits per heavy atom. The van der Waals surface area contributed by atoms with Crippen molar-refractivity contribution in [2.45, 2.75) is 6.92 Å². The number of anilines is 2. The minimum Gasteiger partial charge on any atom is -0.383 e. The van der Waals surface area contributed by atoms with Crippen molar-refractivity contribution < 1.29 is 0 Å². The maximum atomic E-state index is 11.1. The van der Waals surface area contributed by atoms with Crippen molar-refractivity contribution in [1.29, 1.82) is 0 Å². The van der Waals surface area contributed by atoms with E-state index < -0.39 is 0 Å². The molecular formula is C8H9N5O. The lowest BCUT2D eigenvalue weighted by atomic mass is 10.2. The van der Waals surface area contributed by atoms with Crippen LogP contribution in [0, 0.1) is 6.92 Å². The summed E-state index contributed by atoms with van der Waals surface area (Å²) in [6, 6.07) is 1.44. The van der Waals surface area contributed by atoms with E-state index in [2.05, 4.69) is 15.0 Å². The van der Waals surface area contributed by atoms with Gasteiger partial charge in [-0.25, -0.2) is 0 Å². The SMILES string of the molecule is Cc1cc(=O)[nH]c2nc(N)nc(N)c12. The molecule has 0 aliphatic carbocycles. The number of nitrogens with two attached hydrogens (primary N) is 2. The van der Waals surface area contributed by atoms with E-state index in [4.69, 9.17) is 11.5 Å². The van der Waals surface area contributed by atoms with Crippen molar-refractivity contribution >= 4 is 22.8 Å². The molecule has 0 aliphatic heterocycles. The molecule has 72 valence electrons. The average molecular weight is 191 g/mol. The highest BCUT2D eigenvalue weighted by Crippen LogP contribution is 2.18. The predicted molar refractivity (Wildman–Crippen MR) is 53.7 cm³/mol. The molecule has 0 unspecified atom stereocenters. The van der Waals surface area contributed by atoms with Gasteiger partial charge in [0.05, 0.1) is 5.39 Å². The monoisotopic (exact) mass is 191 g/mol. The molecule has 0 radical (unpaired) electrons. The van der Waals surface area contributed by atoms with Crippen molar-refractivity contribution in [3.8, 4) is 0 Å². The molecule has 6 heteroatoms. The Hall–Kier alpha value is -2.11. The Morgan fingerprint density at radius 3 is 2.79 bits per heavy atom. The first-order valence-electron chi connectivity index (χ1n) is 4.00. The highest BCUT2D eigenvalue weighted by molar-refractivity contribution is 5.88. The van der Waals surface area contributed by atoms with Gasteiger partial charge in [0.25, 0.3) is 0 Å². The fourth-order valence-corrected chi connectivity index (χ4v) is 1.40. The zero-order chi connectivity index (χ0) is 10.3. The minimum absolute atomic E-state index is 0.0521. The molecule has 14 heavy (non-hydrogen) atoms. The molecule has 5 N–H and O–H groups in total. The second-order valence-corrected chi connectivity index (χ2v) is 3.01. The highest BCUT2D eigenvalue weighted by atomic mass is 16.1. The van der Waals surface area contributed by atoms with Gasteiger partial charge in [-0.3, -0.25) is 4.79 Å². The number of H-pyrrole nitrogens is 1. The molecule has 0 atom stereocenters. The molecule has 0 fully saturated rings. The molecule has 0 saturated carbocycles. The van der Waals surface area contributed by atoms with Crippen molar-refractivity contribution in [3.05, 3.63) is 22.0 Å². The van der Waals surface area contributed by atoms with E-state index in [-0.39, 0.29) is 17.3 Å². The van der Waals surface area contributed by atoms with Gasteiger partial charge < -0.3 is 16.5 Å². The van der Waals surface area contributed by atoms with Crippen LogP contribution >= 0.6 is 0 Å². The number of fused-ring (bicyclic) bond motifs is 1. The van der Waals surface area contributed by atoms with Crippen LogP contribution in [0.15, 0.2) is 10.9 Å². The first-order valence-corrected chi connectivity index (χ1v) is 4.00. The second-order valence-electron chi connectivity index (χ2n) is 3.01. The third-order valence-electron chi connectivity index (χ3n) is 1.94. The number of aromatic nitrogens is 3. The largest absolute Gasteiger partial charge is 0.383 e. The van der Waals surface area contributed by atoms with Gasteiger partial charge >= 0.3 is 0 Å². The maximum Gasteiger partial charge on any atom is 0.249 e. The Balaban J connectivity index is 3.01. The van der Waals surface area contributed by atoms with Crippen molar-refractivity contribution in [1.82, 2.24) is 15.0 Å². The molecule has 0 spiro atoms. The average Bonchev–Trinajstić information content (AvgIpc) is 1.99. The summed E-state index contributed by atoms with van der Waals surface area (Å²) in [6.07, 6.45) is 0. The van der Waals surface area contributed by atoms with Crippen molar-refractivity contribution in [2.24, 2.45) is 0 Å². The summed E-state index contributed by atoms with van der Waals surface area (Å²) in [4.78, 5) is 21.4. The fourth-order valence-electron chi connectivity index (χ4n) is 1.40. The summed E-state index contributed by atoms with van der Waals surface area (Å²) < 4.78 is 0. The minimum atomic E-state index is -0.229. The van der Waals surface area contributed by atoms with E-state index in [9.17, 15) is 4.79 Å². The number of aryl methyl sites for hydroxylation is 1. The number of nitrogens with one attached hydrogen (secondary N) is 1. The van der Waals surface area contributed by atoms with Gasteiger partial charge in [0.15, 0.2) is 0 Å². The van der Waals surface area contributed by atoms with Gasteiger partial charge in [0.1, 0.15) is 11.5 Å². The molecule has 6 nitrogen and oxygen atoms in total. The summed E-state index contributed by atoms with van der Waals surface area (Å²) in [5.74, 6) is 0.331. The number of nitrogens with zero attached hydrogens (tertiary/aromatic N) is 2. The number of nitrogen functional groups attached to an aromatic ring is 2. The predicted octanol–water partition coefficient (Wildman–Crippen LogP) is -0.209. The standard InChI is InChI=1S/C8H9N5O/c1-3-2-4(14)11-7-5(3)6(9)12-8(10)13-7/h2H,1H3,(H5,9,10,11,12,13,14). The third-order valence-corrected chi connectivity index (χ3v) is 1.94. The molecule has 0 aromatic carbocycles. The van der Waals surface area contributed by atoms with Gasteiger partial charge in [-0.2, -0.15) is 9.97 Å². The molecule has 0 aliphatic rings. The summed E-state index contributed by atoms with van der Waals surface area (Å²) in [7, 11) is 0. The van der Waals surface area contributed by atoms with E-state index in [0.29, 0.717) is 11.0 Å². The smallest absolute Gasteiger partial charge is 0.249 e. The van der Waals surface area contributed by atoms with Crippen LogP contribution in [0.4, 0.5) is 11.8 Å². The number of hydrogen-bond donors (Lipinski definition) is 3. The Bertz CT molecular complexity index is 559. The zero-order valence-corrected chi connectivity index (χ0v) is 7.53. The Morgan fingerprint density at radius 1 is 1.36 bits per heavy atom. The molecule has 0 saturated heterocycles. The molecule has 0 bridgehead atoms. The summed E-state index contributed by atoms with van der Waals surface area (Å²) in [5.41, 5.74) is 11.9. The van der Waals surface area contributed by atoms with Crippen LogP contribution in [0.1, 0.15) is 5.56 Å². The number of rotatable bonds is 0. The van der Waals surface area contributed by atoms with Crippen LogP contribution in [0.5, 0.6) is 0 Å². The number of hydrogen-bond acceptors (Lipinski definition) is 5. The van der Waals surface area contributed by atoms with Crippen LogP contribution in [-0.2, 0) is 0 Å². The van der Waals surface area contributed by atoms with Gasteiger partial charge in [-0.15, -0.1) is 0 Å². The summed E-state index contributed by atoms with van der Waals surface area (Å²) in [6.45, 7) is 1.77. The molecule has 2 heterocycles. The lowest BCUT2D eigenvalue weighted by molar-refractivity contribution is 1.17. The van der Waals surface area contributed by atoms with Crippen LogP contribution in [0.2, 0.25) is 0 Å². The van der Waals surface area contributed by atoms with Crippen LogP contribution in [-0.4, -0.2) is 15.0 Å². The molecule has 2 aromatic rings. The zero-order valence-electron chi connectivity index (χ0n) is 7.53. The van der Waals surface area contributed by atoms with Gasteiger partial charge in [0, 0.05) is 6.07 Å². The quantitative estimate of drug-likeness (QED) is 0.533. The van der Waals surface area contributed by atoms with Crippen LogP contribution in [0.25, 0.3) is 11.0 Å². The van der Waals surface area contributed by atoms with Crippen molar-refractivity contribution in [3.63, 3.8) is 0 Å². The van der Waals surface area contributed by atoms with E-state index in [1.54, 1.807) is 6.92 Å². The van der Waals surface area contributed by atoms with Crippen molar-refractivity contribution in [2.75, 3.05) is 11.5 Å². The van der Waals surface area contributed by atoms with Gasteiger partial charge in [-0.05, 0) is 12.5 Å². The molecule has 0 amide bonds. The second kappa shape index (κ2) is 2.69. The van der Waals surface area contributed by atoms with Gasteiger partial charge in [0.2, 0.25) is 11.5 Å². The third kappa shape index (κ3) is 1.17. The first-order chi connectivity index (χ1) is 6.58. The topological polar surface area (TPSA) is 111 Å². The maximum absolute atomic E-state index is 11.1. The van der Waals surface area contributed by atoms with E-state index in [1.807, 2.05) is 0 Å². The summed E-state index contributed by atoms with van der Waals surface area (Å²) in [5, 5.41) is 0.638. The van der Waals surface area contributed by atoms with Crippen LogP contribution in [0.3, 0.4) is 0 Å². The Labute approximate surface area is 79.0 Å². The Kier molecular flexibility index (Phi) is 1.63.